The number of aromatic nitrogens is 1. The van der Waals surface area contributed by atoms with Gasteiger partial charge in [-0.2, -0.15) is 5.26 Å². The van der Waals surface area contributed by atoms with Crippen LogP contribution >= 0.6 is 0 Å². The van der Waals surface area contributed by atoms with Crippen molar-refractivity contribution in [2.24, 2.45) is 0 Å². The van der Waals surface area contributed by atoms with Crippen LogP contribution in [0.1, 0.15) is 10.5 Å². The van der Waals surface area contributed by atoms with Gasteiger partial charge in [0.1, 0.15) is 5.75 Å². The lowest BCUT2D eigenvalue weighted by Crippen LogP contribution is -2.21. The SMILES string of the molecule is C=C(C#N)CNc1c(OC)ccc2ccc(-c3ccc(N)c(C(=O)NC)n3)cc12. The molecule has 0 saturated carbocycles. The lowest BCUT2D eigenvalue weighted by molar-refractivity contribution is 0.0959. The predicted octanol–water partition coefficient (Wildman–Crippen LogP) is 3.34. The zero-order valence-electron chi connectivity index (χ0n) is 16.2. The van der Waals surface area contributed by atoms with Crippen LogP contribution in [0, 0.1) is 11.3 Å². The standard InChI is InChI=1S/C22H21N5O2/c1-13(11-23)12-26-20-16-10-15(5-4-14(16)6-9-19(20)29-3)18-8-7-17(24)21(27-18)22(28)25-2/h4-10,26H,1,12,24H2,2-3H3,(H,25,28). The normalized spacial score (nSPS) is 10.2. The molecule has 0 aliphatic heterocycles. The summed E-state index contributed by atoms with van der Waals surface area (Å²) in [7, 11) is 3.12. The molecule has 1 heterocycles. The van der Waals surface area contributed by atoms with E-state index in [1.807, 2.05) is 36.4 Å². The van der Waals surface area contributed by atoms with E-state index in [2.05, 4.69) is 22.2 Å². The highest BCUT2D eigenvalue weighted by atomic mass is 16.5. The first-order valence-corrected chi connectivity index (χ1v) is 8.90. The molecule has 146 valence electrons. The largest absolute Gasteiger partial charge is 0.495 e. The van der Waals surface area contributed by atoms with E-state index in [1.54, 1.807) is 19.2 Å². The molecule has 1 aromatic heterocycles. The van der Waals surface area contributed by atoms with Crippen LogP contribution in [0.15, 0.2) is 54.6 Å². The third kappa shape index (κ3) is 3.96. The molecule has 0 fully saturated rings. The second-order valence-corrected chi connectivity index (χ2v) is 6.36. The fourth-order valence-corrected chi connectivity index (χ4v) is 2.98. The van der Waals surface area contributed by atoms with Crippen molar-refractivity contribution in [2.75, 3.05) is 31.8 Å². The number of rotatable bonds is 6. The molecule has 0 unspecified atom stereocenters. The van der Waals surface area contributed by atoms with Gasteiger partial charge in [0, 0.05) is 30.1 Å². The Morgan fingerprint density at radius 3 is 2.72 bits per heavy atom. The summed E-state index contributed by atoms with van der Waals surface area (Å²) in [5.41, 5.74) is 8.99. The van der Waals surface area contributed by atoms with Crippen LogP contribution in [0.2, 0.25) is 0 Å². The number of benzene rings is 2. The van der Waals surface area contributed by atoms with Crippen LogP contribution in [0.25, 0.3) is 22.0 Å². The number of nitriles is 1. The molecule has 0 bridgehead atoms. The second-order valence-electron chi connectivity index (χ2n) is 6.36. The summed E-state index contributed by atoms with van der Waals surface area (Å²) in [5.74, 6) is 0.306. The molecule has 0 saturated heterocycles. The first-order valence-electron chi connectivity index (χ1n) is 8.90. The monoisotopic (exact) mass is 387 g/mol. The third-order valence-corrected chi connectivity index (χ3v) is 4.50. The number of nitrogens with one attached hydrogen (secondary N) is 2. The topological polar surface area (TPSA) is 113 Å². The molecular formula is C22H21N5O2. The molecule has 3 rings (SSSR count). The number of carbonyl (C=O) groups is 1. The Balaban J connectivity index is 2.13. The van der Waals surface area contributed by atoms with Crippen LogP contribution in [-0.4, -0.2) is 31.6 Å². The summed E-state index contributed by atoms with van der Waals surface area (Å²) in [6.45, 7) is 4.01. The number of hydrogen-bond donors (Lipinski definition) is 3. The van der Waals surface area contributed by atoms with E-state index < -0.39 is 0 Å². The number of hydrogen-bond acceptors (Lipinski definition) is 6. The first kappa shape index (κ1) is 19.7. The van der Waals surface area contributed by atoms with E-state index in [0.29, 0.717) is 29.2 Å². The lowest BCUT2D eigenvalue weighted by atomic mass is 10.0. The van der Waals surface area contributed by atoms with Gasteiger partial charge in [-0.05, 0) is 29.7 Å². The van der Waals surface area contributed by atoms with Gasteiger partial charge in [-0.15, -0.1) is 0 Å². The van der Waals surface area contributed by atoms with Gasteiger partial charge in [-0.3, -0.25) is 4.79 Å². The molecule has 4 N–H and O–H groups in total. The van der Waals surface area contributed by atoms with Crippen LogP contribution < -0.4 is 21.1 Å². The Morgan fingerprint density at radius 2 is 2.03 bits per heavy atom. The van der Waals surface area contributed by atoms with Crippen LogP contribution in [-0.2, 0) is 0 Å². The molecular weight excluding hydrogens is 366 g/mol. The van der Waals surface area contributed by atoms with E-state index >= 15 is 0 Å². The van der Waals surface area contributed by atoms with Gasteiger partial charge in [0.25, 0.3) is 5.91 Å². The number of pyridine rings is 1. The Kier molecular flexibility index (Phi) is 5.65. The van der Waals surface area contributed by atoms with Gasteiger partial charge in [0.15, 0.2) is 5.69 Å². The van der Waals surface area contributed by atoms with Crippen LogP contribution in [0.3, 0.4) is 0 Å². The quantitative estimate of drug-likeness (QED) is 0.559. The molecule has 0 atom stereocenters. The zero-order chi connectivity index (χ0) is 21.0. The molecule has 7 nitrogen and oxygen atoms in total. The molecule has 3 aromatic rings. The molecule has 7 heteroatoms. The number of nitrogens with zero attached hydrogens (tertiary/aromatic N) is 2. The van der Waals surface area contributed by atoms with Crippen molar-refractivity contribution in [3.8, 4) is 23.1 Å². The van der Waals surface area contributed by atoms with E-state index in [4.69, 9.17) is 15.7 Å². The van der Waals surface area contributed by atoms with E-state index in [1.165, 1.54) is 7.05 Å². The highest BCUT2D eigenvalue weighted by molar-refractivity contribution is 6.00. The molecule has 0 spiro atoms. The minimum atomic E-state index is -0.343. The number of nitrogen functional groups attached to an aromatic ring is 1. The number of fused-ring (bicyclic) bond motifs is 1. The Bertz CT molecular complexity index is 1150. The lowest BCUT2D eigenvalue weighted by Gasteiger charge is -2.15. The summed E-state index contributed by atoms with van der Waals surface area (Å²) in [6, 6.07) is 15.1. The minimum absolute atomic E-state index is 0.180. The Morgan fingerprint density at radius 1 is 1.28 bits per heavy atom. The van der Waals surface area contributed by atoms with Gasteiger partial charge in [-0.1, -0.05) is 24.8 Å². The van der Waals surface area contributed by atoms with Gasteiger partial charge in [-0.25, -0.2) is 4.98 Å². The Hall–Kier alpha value is -4.05. The number of nitrogens with two attached hydrogens (primary N) is 1. The van der Waals surface area contributed by atoms with E-state index in [0.717, 1.165) is 22.0 Å². The molecule has 0 aliphatic rings. The minimum Gasteiger partial charge on any atom is -0.495 e. The average molecular weight is 387 g/mol. The second kappa shape index (κ2) is 8.31. The van der Waals surface area contributed by atoms with Crippen LogP contribution in [0.5, 0.6) is 5.75 Å². The Labute approximate surface area is 168 Å². The van der Waals surface area contributed by atoms with Crippen molar-refractivity contribution >= 4 is 28.1 Å². The van der Waals surface area contributed by atoms with Crippen molar-refractivity contribution < 1.29 is 9.53 Å². The molecule has 1 amide bonds. The highest BCUT2D eigenvalue weighted by Crippen LogP contribution is 2.35. The molecule has 0 radical (unpaired) electrons. The smallest absolute Gasteiger partial charge is 0.271 e. The molecule has 0 aliphatic carbocycles. The predicted molar refractivity (Wildman–Crippen MR) is 115 cm³/mol. The highest BCUT2D eigenvalue weighted by Gasteiger charge is 2.14. The van der Waals surface area contributed by atoms with E-state index in [-0.39, 0.29) is 11.6 Å². The summed E-state index contributed by atoms with van der Waals surface area (Å²) >= 11 is 0. The fourth-order valence-electron chi connectivity index (χ4n) is 2.98. The summed E-state index contributed by atoms with van der Waals surface area (Å²) in [4.78, 5) is 16.5. The average Bonchev–Trinajstić information content (AvgIpc) is 2.76. The van der Waals surface area contributed by atoms with Gasteiger partial charge >= 0.3 is 0 Å². The number of anilines is 2. The molecule has 29 heavy (non-hydrogen) atoms. The van der Waals surface area contributed by atoms with Crippen LogP contribution in [0.4, 0.5) is 11.4 Å². The maximum atomic E-state index is 12.0. The van der Waals surface area contributed by atoms with Gasteiger partial charge in [0.2, 0.25) is 0 Å². The summed E-state index contributed by atoms with van der Waals surface area (Å²) in [5, 5.41) is 16.6. The zero-order valence-corrected chi connectivity index (χ0v) is 16.2. The number of amides is 1. The maximum absolute atomic E-state index is 12.0. The van der Waals surface area contributed by atoms with Gasteiger partial charge < -0.3 is 21.1 Å². The number of methoxy groups -OCH3 is 1. The van der Waals surface area contributed by atoms with Crippen molar-refractivity contribution in [1.82, 2.24) is 10.3 Å². The molecule has 2 aromatic carbocycles. The fraction of sp³-hybridized carbons (Fsp3) is 0.136. The summed E-state index contributed by atoms with van der Waals surface area (Å²) in [6.07, 6.45) is 0. The number of carbonyl (C=O) groups excluding carboxylic acids is 1. The van der Waals surface area contributed by atoms with Crippen molar-refractivity contribution in [3.63, 3.8) is 0 Å². The van der Waals surface area contributed by atoms with Crippen molar-refractivity contribution in [1.29, 1.82) is 5.26 Å². The third-order valence-electron chi connectivity index (χ3n) is 4.50. The van der Waals surface area contributed by atoms with Crippen molar-refractivity contribution in [3.05, 3.63) is 60.3 Å². The maximum Gasteiger partial charge on any atom is 0.271 e. The van der Waals surface area contributed by atoms with Crippen molar-refractivity contribution in [2.45, 2.75) is 0 Å². The van der Waals surface area contributed by atoms with Gasteiger partial charge in [0.05, 0.1) is 30.2 Å². The summed E-state index contributed by atoms with van der Waals surface area (Å²) < 4.78 is 5.49. The first-order chi connectivity index (χ1) is 14.0. The van der Waals surface area contributed by atoms with E-state index in [9.17, 15) is 4.79 Å². The number of ether oxygens (including phenoxy) is 1.